The fraction of sp³-hybridized carbons (Fsp3) is 0.425. The zero-order valence-electron chi connectivity index (χ0n) is 28.4. The second-order valence-corrected chi connectivity index (χ2v) is 16.1. The molecular formula is C40H48N4O4S. The second kappa shape index (κ2) is 14.4. The van der Waals surface area contributed by atoms with Gasteiger partial charge in [0, 0.05) is 68.6 Å². The van der Waals surface area contributed by atoms with Gasteiger partial charge in [0.25, 0.3) is 0 Å². The van der Waals surface area contributed by atoms with Crippen molar-refractivity contribution in [1.29, 1.82) is 0 Å². The van der Waals surface area contributed by atoms with Crippen LogP contribution in [0, 0.1) is 17.8 Å². The van der Waals surface area contributed by atoms with Gasteiger partial charge in [-0.25, -0.2) is 13.2 Å². The quantitative estimate of drug-likeness (QED) is 0.192. The van der Waals surface area contributed by atoms with Crippen molar-refractivity contribution in [3.8, 4) is 0 Å². The van der Waals surface area contributed by atoms with Gasteiger partial charge in [0.2, 0.25) is 9.84 Å². The van der Waals surface area contributed by atoms with E-state index in [4.69, 9.17) is 4.74 Å². The lowest BCUT2D eigenvalue weighted by Crippen LogP contribution is -2.55. The fourth-order valence-electron chi connectivity index (χ4n) is 8.93. The van der Waals surface area contributed by atoms with E-state index in [0.29, 0.717) is 21.6 Å². The third-order valence-corrected chi connectivity index (χ3v) is 13.1. The first kappa shape index (κ1) is 33.4. The maximum Gasteiger partial charge on any atom is 0.407 e. The van der Waals surface area contributed by atoms with Crippen LogP contribution in [-0.4, -0.2) is 69.9 Å². The van der Waals surface area contributed by atoms with E-state index < -0.39 is 9.84 Å². The van der Waals surface area contributed by atoms with Gasteiger partial charge < -0.3 is 24.4 Å². The number of aromatic nitrogens is 1. The van der Waals surface area contributed by atoms with E-state index in [1.54, 1.807) is 43.4 Å². The maximum absolute atomic E-state index is 13.0. The molecule has 1 amide bonds. The molecule has 3 aliphatic rings. The van der Waals surface area contributed by atoms with Crippen LogP contribution in [0.1, 0.15) is 37.7 Å². The summed E-state index contributed by atoms with van der Waals surface area (Å²) in [5.74, 6) is 1.28. The Morgan fingerprint density at radius 2 is 1.45 bits per heavy atom. The third kappa shape index (κ3) is 6.88. The number of nitrogens with one attached hydrogen (secondary N) is 1. The van der Waals surface area contributed by atoms with Gasteiger partial charge in [0.05, 0.1) is 9.79 Å². The zero-order valence-corrected chi connectivity index (χ0v) is 29.2. The summed E-state index contributed by atoms with van der Waals surface area (Å²) >= 11 is 0. The molecule has 3 atom stereocenters. The van der Waals surface area contributed by atoms with Gasteiger partial charge in [0.15, 0.2) is 0 Å². The SMILES string of the molecule is CNC(=O)O[C@@H]1CCC[C@H]1C(Cn1cccc1)(c1ccccc1)C1CCN(CC2CN(c3ccc(S(=O)(=O)c4ccccc4)cc3)C2)CC1. The Bertz CT molecular complexity index is 1770. The topological polar surface area (TPSA) is 83.9 Å². The number of rotatable bonds is 11. The highest BCUT2D eigenvalue weighted by molar-refractivity contribution is 7.91. The molecule has 0 spiro atoms. The Hall–Kier alpha value is -4.08. The van der Waals surface area contributed by atoms with Gasteiger partial charge in [0.1, 0.15) is 6.10 Å². The number of carbonyl (C=O) groups is 1. The van der Waals surface area contributed by atoms with Crippen LogP contribution in [0.4, 0.5) is 10.5 Å². The molecule has 1 unspecified atom stereocenters. The predicted molar refractivity (Wildman–Crippen MR) is 192 cm³/mol. The molecule has 1 aromatic heterocycles. The number of sulfone groups is 1. The number of anilines is 1. The van der Waals surface area contributed by atoms with Gasteiger partial charge in [-0.2, -0.15) is 0 Å². The van der Waals surface area contributed by atoms with Crippen LogP contribution in [0.15, 0.2) is 119 Å². The highest BCUT2D eigenvalue weighted by atomic mass is 32.2. The number of ether oxygens (including phenoxy) is 1. The van der Waals surface area contributed by atoms with Gasteiger partial charge in [-0.1, -0.05) is 48.5 Å². The summed E-state index contributed by atoms with van der Waals surface area (Å²) in [4.78, 5) is 18.1. The van der Waals surface area contributed by atoms with Crippen LogP contribution in [0.3, 0.4) is 0 Å². The molecule has 2 saturated heterocycles. The molecule has 1 N–H and O–H groups in total. The number of nitrogens with zero attached hydrogens (tertiary/aromatic N) is 3. The number of benzene rings is 3. The fourth-order valence-corrected chi connectivity index (χ4v) is 10.2. The molecule has 1 aliphatic carbocycles. The third-order valence-electron chi connectivity index (χ3n) is 11.4. The molecule has 2 aliphatic heterocycles. The monoisotopic (exact) mass is 680 g/mol. The molecule has 3 heterocycles. The van der Waals surface area contributed by atoms with Crippen LogP contribution in [0.2, 0.25) is 0 Å². The molecule has 8 nitrogen and oxygen atoms in total. The summed E-state index contributed by atoms with van der Waals surface area (Å²) in [6.07, 6.45) is 9.13. The van der Waals surface area contributed by atoms with E-state index in [0.717, 1.165) is 77.1 Å². The van der Waals surface area contributed by atoms with E-state index in [9.17, 15) is 13.2 Å². The maximum atomic E-state index is 13.0. The first-order valence-electron chi connectivity index (χ1n) is 17.8. The summed E-state index contributed by atoms with van der Waals surface area (Å²) in [6.45, 7) is 6.02. The van der Waals surface area contributed by atoms with E-state index in [1.165, 1.54) is 5.56 Å². The number of hydrogen-bond acceptors (Lipinski definition) is 6. The summed E-state index contributed by atoms with van der Waals surface area (Å²) in [7, 11) is -1.87. The highest BCUT2D eigenvalue weighted by Crippen LogP contribution is 2.52. The molecular weight excluding hydrogens is 633 g/mol. The van der Waals surface area contributed by atoms with Crippen molar-refractivity contribution in [3.63, 3.8) is 0 Å². The van der Waals surface area contributed by atoms with Crippen molar-refractivity contribution in [2.45, 2.75) is 60.0 Å². The van der Waals surface area contributed by atoms with Crippen LogP contribution < -0.4 is 10.2 Å². The molecule has 3 aromatic carbocycles. The standard InChI is InChI=1S/C40H48N4O4S/c1-41-39(45)48-38-16-10-15-37(38)40(30-43-23-8-9-24-43,32-11-4-2-5-12-32)33-21-25-42(26-22-33)27-31-28-44(29-31)34-17-19-36(20-18-34)49(46,47)35-13-6-3-7-14-35/h2-9,11-14,17-20,23-24,31,33,37-38H,10,15-16,21-22,25-30H2,1H3,(H,41,45)/t37-,38-,40?/m1/s1. The van der Waals surface area contributed by atoms with Crippen molar-refractivity contribution < 1.29 is 17.9 Å². The van der Waals surface area contributed by atoms with Crippen LogP contribution in [0.25, 0.3) is 0 Å². The van der Waals surface area contributed by atoms with Gasteiger partial charge in [-0.3, -0.25) is 0 Å². The average Bonchev–Trinajstić information content (AvgIpc) is 3.82. The number of amides is 1. The van der Waals surface area contributed by atoms with Gasteiger partial charge in [-0.05, 0) is 105 Å². The first-order chi connectivity index (χ1) is 23.9. The second-order valence-electron chi connectivity index (χ2n) is 14.1. The number of carbonyl (C=O) groups excluding carboxylic acids is 1. The molecule has 49 heavy (non-hydrogen) atoms. The Morgan fingerprint density at radius 1 is 0.816 bits per heavy atom. The highest BCUT2D eigenvalue weighted by Gasteiger charge is 2.53. The smallest absolute Gasteiger partial charge is 0.407 e. The molecule has 258 valence electrons. The minimum atomic E-state index is -3.51. The lowest BCUT2D eigenvalue weighted by molar-refractivity contribution is 0.00209. The van der Waals surface area contributed by atoms with Crippen molar-refractivity contribution >= 4 is 21.6 Å². The number of hydrogen-bond donors (Lipinski definition) is 1. The molecule has 0 bridgehead atoms. The molecule has 9 heteroatoms. The molecule has 1 saturated carbocycles. The summed E-state index contributed by atoms with van der Waals surface area (Å²) in [5.41, 5.74) is 2.27. The molecule has 0 radical (unpaired) electrons. The van der Waals surface area contributed by atoms with E-state index in [-0.39, 0.29) is 23.5 Å². The van der Waals surface area contributed by atoms with Crippen LogP contribution >= 0.6 is 0 Å². The summed E-state index contributed by atoms with van der Waals surface area (Å²) in [6, 6.07) is 31.2. The lowest BCUT2D eigenvalue weighted by Gasteiger charge is -2.51. The lowest BCUT2D eigenvalue weighted by atomic mass is 9.58. The van der Waals surface area contributed by atoms with E-state index in [2.05, 4.69) is 74.5 Å². The largest absolute Gasteiger partial charge is 0.446 e. The van der Waals surface area contributed by atoms with Gasteiger partial charge in [-0.15, -0.1) is 0 Å². The Morgan fingerprint density at radius 3 is 2.10 bits per heavy atom. The average molecular weight is 681 g/mol. The van der Waals surface area contributed by atoms with Crippen molar-refractivity contribution in [2.24, 2.45) is 17.8 Å². The number of piperidine rings is 1. The van der Waals surface area contributed by atoms with Crippen molar-refractivity contribution in [1.82, 2.24) is 14.8 Å². The van der Waals surface area contributed by atoms with E-state index in [1.807, 2.05) is 18.2 Å². The summed E-state index contributed by atoms with van der Waals surface area (Å²) in [5, 5.41) is 2.69. The summed E-state index contributed by atoms with van der Waals surface area (Å²) < 4.78 is 34.5. The van der Waals surface area contributed by atoms with Crippen molar-refractivity contribution in [3.05, 3.63) is 115 Å². The van der Waals surface area contributed by atoms with Crippen LogP contribution in [-0.2, 0) is 26.5 Å². The normalized spacial score (nSPS) is 21.9. The Kier molecular flexibility index (Phi) is 9.83. The molecule has 3 fully saturated rings. The molecule has 4 aromatic rings. The first-order valence-corrected chi connectivity index (χ1v) is 19.3. The van der Waals surface area contributed by atoms with Crippen LogP contribution in [0.5, 0.6) is 0 Å². The van der Waals surface area contributed by atoms with Gasteiger partial charge >= 0.3 is 6.09 Å². The van der Waals surface area contributed by atoms with E-state index >= 15 is 0 Å². The molecule has 7 rings (SSSR count). The number of likely N-dealkylation sites (tertiary alicyclic amines) is 1. The Balaban J connectivity index is 1.02. The minimum Gasteiger partial charge on any atom is -0.446 e. The Labute approximate surface area is 291 Å². The number of alkyl carbamates (subject to hydrolysis) is 1. The zero-order chi connectivity index (χ0) is 33.8. The predicted octanol–water partition coefficient (Wildman–Crippen LogP) is 6.63. The van der Waals surface area contributed by atoms with Crippen molar-refractivity contribution in [2.75, 3.05) is 44.7 Å². The minimum absolute atomic E-state index is 0.109.